The lowest BCUT2D eigenvalue weighted by atomic mass is 10.2. The molecule has 146 valence electrons. The van der Waals surface area contributed by atoms with E-state index in [0.717, 1.165) is 17.0 Å². The largest absolute Gasteiger partial charge is 0.493 e. The molecule has 0 aliphatic rings. The van der Waals surface area contributed by atoms with Gasteiger partial charge in [-0.3, -0.25) is 19.0 Å². The van der Waals surface area contributed by atoms with Gasteiger partial charge in [-0.2, -0.15) is 13.2 Å². The maximum atomic E-state index is 12.4. The molecule has 0 atom stereocenters. The number of halogens is 3. The molecule has 1 N–H and O–H groups in total. The van der Waals surface area contributed by atoms with Gasteiger partial charge in [-0.1, -0.05) is 0 Å². The Labute approximate surface area is 150 Å². The van der Waals surface area contributed by atoms with Gasteiger partial charge in [0.15, 0.2) is 11.5 Å². The van der Waals surface area contributed by atoms with Crippen LogP contribution in [0.15, 0.2) is 40.2 Å². The number of ether oxygens (including phenoxy) is 2. The maximum absolute atomic E-state index is 12.4. The first-order valence-corrected chi connectivity index (χ1v) is 7.53. The molecule has 27 heavy (non-hydrogen) atoms. The SMILES string of the molecule is COc1ccc(NC(=O)Cn2ccn(CC(F)(F)F)c(=O)c2=O)cc1OC. The van der Waals surface area contributed by atoms with E-state index < -0.39 is 36.3 Å². The smallest absolute Gasteiger partial charge is 0.406 e. The standard InChI is InChI=1S/C16H16F3N3O5/c1-26-11-4-3-10(7-12(11)27-2)20-13(23)8-21-5-6-22(9-16(17,18)19)15(25)14(21)24/h3-7H,8-9H2,1-2H3,(H,20,23). The van der Waals surface area contributed by atoms with Gasteiger partial charge in [-0.05, 0) is 12.1 Å². The molecule has 0 spiro atoms. The van der Waals surface area contributed by atoms with E-state index in [4.69, 9.17) is 9.47 Å². The van der Waals surface area contributed by atoms with Crippen LogP contribution in [0.4, 0.5) is 18.9 Å². The Morgan fingerprint density at radius 1 is 1.04 bits per heavy atom. The Morgan fingerprint density at radius 2 is 1.63 bits per heavy atom. The van der Waals surface area contributed by atoms with Gasteiger partial charge in [0.2, 0.25) is 5.91 Å². The van der Waals surface area contributed by atoms with Crippen molar-refractivity contribution >= 4 is 11.6 Å². The molecule has 1 aromatic carbocycles. The Morgan fingerprint density at radius 3 is 2.22 bits per heavy atom. The highest BCUT2D eigenvalue weighted by Gasteiger charge is 2.28. The van der Waals surface area contributed by atoms with Crippen LogP contribution in [0, 0.1) is 0 Å². The van der Waals surface area contributed by atoms with Crippen LogP contribution >= 0.6 is 0 Å². The zero-order valence-corrected chi connectivity index (χ0v) is 14.4. The van der Waals surface area contributed by atoms with Crippen LogP contribution in [-0.2, 0) is 17.9 Å². The monoisotopic (exact) mass is 387 g/mol. The Kier molecular flexibility index (Phi) is 5.93. The van der Waals surface area contributed by atoms with Gasteiger partial charge in [0.25, 0.3) is 0 Å². The molecule has 0 fully saturated rings. The molecule has 8 nitrogen and oxygen atoms in total. The fourth-order valence-corrected chi connectivity index (χ4v) is 2.25. The number of anilines is 1. The molecule has 1 amide bonds. The summed E-state index contributed by atoms with van der Waals surface area (Å²) in [4.78, 5) is 35.7. The molecule has 1 aromatic heterocycles. The normalized spacial score (nSPS) is 11.1. The van der Waals surface area contributed by atoms with Crippen molar-refractivity contribution in [2.24, 2.45) is 0 Å². The summed E-state index contributed by atoms with van der Waals surface area (Å²) in [6, 6.07) is 4.57. The average molecular weight is 387 g/mol. The van der Waals surface area contributed by atoms with E-state index >= 15 is 0 Å². The molecule has 0 aliphatic heterocycles. The first-order chi connectivity index (χ1) is 12.6. The van der Waals surface area contributed by atoms with Crippen LogP contribution in [0.3, 0.4) is 0 Å². The number of benzene rings is 1. The number of aromatic nitrogens is 2. The molecule has 0 bridgehead atoms. The average Bonchev–Trinajstić information content (AvgIpc) is 2.60. The summed E-state index contributed by atoms with van der Waals surface area (Å²) in [6.45, 7) is -2.13. The molecule has 1 heterocycles. The van der Waals surface area contributed by atoms with Crippen LogP contribution in [0.1, 0.15) is 0 Å². The number of hydrogen-bond acceptors (Lipinski definition) is 5. The van der Waals surface area contributed by atoms with Crippen molar-refractivity contribution < 1.29 is 27.4 Å². The third-order valence-corrected chi connectivity index (χ3v) is 3.46. The number of rotatable bonds is 6. The lowest BCUT2D eigenvalue weighted by Crippen LogP contribution is -2.43. The van der Waals surface area contributed by atoms with E-state index in [-0.39, 0.29) is 4.57 Å². The third-order valence-electron chi connectivity index (χ3n) is 3.46. The lowest BCUT2D eigenvalue weighted by Gasteiger charge is -2.12. The predicted molar refractivity (Wildman–Crippen MR) is 89.2 cm³/mol. The highest BCUT2D eigenvalue weighted by Crippen LogP contribution is 2.29. The Balaban J connectivity index is 2.16. The second kappa shape index (κ2) is 7.98. The summed E-state index contributed by atoms with van der Waals surface area (Å²) in [6.07, 6.45) is -2.89. The van der Waals surface area contributed by atoms with Crippen LogP contribution in [0.5, 0.6) is 11.5 Å². The van der Waals surface area contributed by atoms with Crippen molar-refractivity contribution in [1.29, 1.82) is 0 Å². The fourth-order valence-electron chi connectivity index (χ4n) is 2.25. The van der Waals surface area contributed by atoms with Gasteiger partial charge >= 0.3 is 17.3 Å². The minimum absolute atomic E-state index is 0.241. The molecule has 0 radical (unpaired) electrons. The lowest BCUT2D eigenvalue weighted by molar-refractivity contribution is -0.141. The van der Waals surface area contributed by atoms with Crippen molar-refractivity contribution in [3.05, 3.63) is 51.3 Å². The number of carbonyl (C=O) groups is 1. The Bertz CT molecular complexity index is 950. The first-order valence-electron chi connectivity index (χ1n) is 7.53. The van der Waals surface area contributed by atoms with Crippen molar-refractivity contribution in [3.63, 3.8) is 0 Å². The van der Waals surface area contributed by atoms with Crippen molar-refractivity contribution in [2.45, 2.75) is 19.3 Å². The zero-order chi connectivity index (χ0) is 20.2. The summed E-state index contributed by atoms with van der Waals surface area (Å²) >= 11 is 0. The van der Waals surface area contributed by atoms with Crippen LogP contribution in [-0.4, -0.2) is 35.4 Å². The second-order valence-electron chi connectivity index (χ2n) is 5.40. The number of hydrogen-bond donors (Lipinski definition) is 1. The summed E-state index contributed by atoms with van der Waals surface area (Å²) in [5.41, 5.74) is -2.26. The molecular formula is C16H16F3N3O5. The van der Waals surface area contributed by atoms with E-state index in [1.165, 1.54) is 26.4 Å². The van der Waals surface area contributed by atoms with Gasteiger partial charge in [0.05, 0.1) is 14.2 Å². The first kappa shape index (κ1) is 20.1. The number of nitrogens with one attached hydrogen (secondary N) is 1. The second-order valence-corrected chi connectivity index (χ2v) is 5.40. The zero-order valence-electron chi connectivity index (χ0n) is 14.4. The topological polar surface area (TPSA) is 91.6 Å². The van der Waals surface area contributed by atoms with E-state index in [2.05, 4.69) is 5.32 Å². The molecule has 0 saturated heterocycles. The molecule has 11 heteroatoms. The molecule has 0 saturated carbocycles. The van der Waals surface area contributed by atoms with E-state index in [0.29, 0.717) is 17.2 Å². The highest BCUT2D eigenvalue weighted by molar-refractivity contribution is 5.90. The number of alkyl halides is 3. The minimum atomic E-state index is -4.65. The summed E-state index contributed by atoms with van der Waals surface area (Å²) < 4.78 is 48.2. The maximum Gasteiger partial charge on any atom is 0.406 e. The third kappa shape index (κ3) is 5.12. The molecule has 0 unspecified atom stereocenters. The van der Waals surface area contributed by atoms with Crippen molar-refractivity contribution in [3.8, 4) is 11.5 Å². The van der Waals surface area contributed by atoms with Gasteiger partial charge in [0, 0.05) is 24.1 Å². The fraction of sp³-hybridized carbons (Fsp3) is 0.312. The number of amides is 1. The minimum Gasteiger partial charge on any atom is -0.493 e. The van der Waals surface area contributed by atoms with Crippen molar-refractivity contribution in [2.75, 3.05) is 19.5 Å². The van der Waals surface area contributed by atoms with E-state index in [1.807, 2.05) is 0 Å². The van der Waals surface area contributed by atoms with Gasteiger partial charge in [-0.25, -0.2) is 0 Å². The summed E-state index contributed by atoms with van der Waals surface area (Å²) in [5, 5.41) is 2.49. The molecule has 0 aliphatic carbocycles. The van der Waals surface area contributed by atoms with Crippen molar-refractivity contribution in [1.82, 2.24) is 9.13 Å². The molecule has 2 rings (SSSR count). The van der Waals surface area contributed by atoms with E-state index in [9.17, 15) is 27.6 Å². The predicted octanol–water partition coefficient (Wildman–Crippen LogP) is 1.23. The quantitative estimate of drug-likeness (QED) is 0.753. The number of nitrogens with zero attached hydrogens (tertiary/aromatic N) is 2. The van der Waals surface area contributed by atoms with Gasteiger partial charge in [0.1, 0.15) is 13.1 Å². The molecular weight excluding hydrogens is 371 g/mol. The number of methoxy groups -OCH3 is 2. The van der Waals surface area contributed by atoms with Crippen LogP contribution in [0.25, 0.3) is 0 Å². The van der Waals surface area contributed by atoms with E-state index in [1.54, 1.807) is 6.07 Å². The van der Waals surface area contributed by atoms with Crippen LogP contribution in [0.2, 0.25) is 0 Å². The number of carbonyl (C=O) groups excluding carboxylic acids is 1. The van der Waals surface area contributed by atoms with Gasteiger partial charge < -0.3 is 19.4 Å². The van der Waals surface area contributed by atoms with Crippen LogP contribution < -0.4 is 25.9 Å². The summed E-state index contributed by atoms with van der Waals surface area (Å²) in [5.74, 6) is 0.152. The van der Waals surface area contributed by atoms with Gasteiger partial charge in [-0.15, -0.1) is 0 Å². The summed E-state index contributed by atoms with van der Waals surface area (Å²) in [7, 11) is 2.86. The Hall–Kier alpha value is -3.24. The highest BCUT2D eigenvalue weighted by atomic mass is 19.4. The molecule has 2 aromatic rings.